The Bertz CT molecular complexity index is 643. The van der Waals surface area contributed by atoms with Crippen molar-refractivity contribution in [2.45, 2.75) is 40.7 Å². The summed E-state index contributed by atoms with van der Waals surface area (Å²) in [6.45, 7) is 12.7. The molecular formula is C19H26N2. The van der Waals surface area contributed by atoms with Crippen LogP contribution in [0.2, 0.25) is 0 Å². The van der Waals surface area contributed by atoms with Crippen molar-refractivity contribution in [1.82, 2.24) is 10.3 Å². The van der Waals surface area contributed by atoms with E-state index in [2.05, 4.69) is 75.4 Å². The quantitative estimate of drug-likeness (QED) is 0.888. The van der Waals surface area contributed by atoms with Crippen LogP contribution >= 0.6 is 0 Å². The molecule has 1 saturated carbocycles. The van der Waals surface area contributed by atoms with Crippen molar-refractivity contribution in [3.63, 3.8) is 0 Å². The lowest BCUT2D eigenvalue weighted by Crippen LogP contribution is -2.25. The van der Waals surface area contributed by atoms with Crippen LogP contribution in [0.1, 0.15) is 46.2 Å². The van der Waals surface area contributed by atoms with Gasteiger partial charge in [0.2, 0.25) is 0 Å². The molecule has 21 heavy (non-hydrogen) atoms. The molecule has 0 radical (unpaired) electrons. The van der Waals surface area contributed by atoms with Gasteiger partial charge in [-0.15, -0.1) is 0 Å². The molecular weight excluding hydrogens is 256 g/mol. The number of hydrogen-bond donors (Lipinski definition) is 1. The van der Waals surface area contributed by atoms with Crippen LogP contribution in [0.3, 0.4) is 0 Å². The summed E-state index contributed by atoms with van der Waals surface area (Å²) in [6.07, 6.45) is 2.06. The number of aromatic nitrogens is 1. The molecule has 1 aromatic heterocycles. The maximum absolute atomic E-state index is 4.65. The summed E-state index contributed by atoms with van der Waals surface area (Å²) >= 11 is 0. The van der Waals surface area contributed by atoms with Gasteiger partial charge in [0, 0.05) is 17.6 Å². The number of nitrogens with one attached hydrogen (secondary N) is 1. The van der Waals surface area contributed by atoms with Crippen LogP contribution in [0.4, 0.5) is 0 Å². The van der Waals surface area contributed by atoms with E-state index in [4.69, 9.17) is 0 Å². The van der Waals surface area contributed by atoms with Gasteiger partial charge in [-0.1, -0.05) is 52.8 Å². The Hall–Kier alpha value is -1.41. The second-order valence-electron chi connectivity index (χ2n) is 7.42. The van der Waals surface area contributed by atoms with E-state index in [-0.39, 0.29) is 0 Å². The molecule has 2 nitrogen and oxygen atoms in total. The normalized spacial score (nSPS) is 21.4. The summed E-state index contributed by atoms with van der Waals surface area (Å²) in [5, 5.41) is 4.93. The molecule has 1 unspecified atom stereocenters. The second kappa shape index (κ2) is 4.81. The van der Waals surface area contributed by atoms with Gasteiger partial charge in [0.05, 0.1) is 5.52 Å². The molecule has 1 fully saturated rings. The average Bonchev–Trinajstić information content (AvgIpc) is 2.86. The standard InChI is InChI=1S/C19H26N2/c1-6-20-16(17-18(2,3)19(17,4)5)14-11-13-9-7-8-10-15(13)21-12-14/h7-12,16-17,20H,6H2,1-5H3. The fraction of sp³-hybridized carbons (Fsp3) is 0.526. The summed E-state index contributed by atoms with van der Waals surface area (Å²) in [5.74, 6) is 0.646. The number of fused-ring (bicyclic) bond motifs is 1. The maximum atomic E-state index is 4.65. The van der Waals surface area contributed by atoms with Gasteiger partial charge >= 0.3 is 0 Å². The van der Waals surface area contributed by atoms with Crippen molar-refractivity contribution in [3.05, 3.63) is 42.1 Å². The van der Waals surface area contributed by atoms with E-state index in [0.29, 0.717) is 22.8 Å². The molecule has 1 aliphatic rings. The molecule has 1 N–H and O–H groups in total. The molecule has 1 atom stereocenters. The number of pyridine rings is 1. The maximum Gasteiger partial charge on any atom is 0.0702 e. The summed E-state index contributed by atoms with van der Waals surface area (Å²) < 4.78 is 0. The molecule has 0 bridgehead atoms. The van der Waals surface area contributed by atoms with E-state index in [0.717, 1.165) is 12.1 Å². The molecule has 0 amide bonds. The molecule has 1 aliphatic carbocycles. The van der Waals surface area contributed by atoms with Crippen LogP contribution in [0.25, 0.3) is 10.9 Å². The van der Waals surface area contributed by atoms with Crippen LogP contribution < -0.4 is 5.32 Å². The summed E-state index contributed by atoms with van der Waals surface area (Å²) in [4.78, 5) is 4.65. The molecule has 0 spiro atoms. The SMILES string of the molecule is CCNC(c1cnc2ccccc2c1)C1C(C)(C)C1(C)C. The first-order valence-corrected chi connectivity index (χ1v) is 7.97. The highest BCUT2D eigenvalue weighted by atomic mass is 15.0. The smallest absolute Gasteiger partial charge is 0.0702 e. The van der Waals surface area contributed by atoms with Crippen molar-refractivity contribution in [2.24, 2.45) is 16.7 Å². The minimum Gasteiger partial charge on any atom is -0.310 e. The number of nitrogens with zero attached hydrogens (tertiary/aromatic N) is 1. The minimum absolute atomic E-state index is 0.367. The number of rotatable bonds is 4. The Morgan fingerprint density at radius 1 is 1.14 bits per heavy atom. The first-order valence-electron chi connectivity index (χ1n) is 7.97. The van der Waals surface area contributed by atoms with Crippen LogP contribution in [-0.4, -0.2) is 11.5 Å². The largest absolute Gasteiger partial charge is 0.310 e. The van der Waals surface area contributed by atoms with Crippen molar-refractivity contribution >= 4 is 10.9 Å². The molecule has 3 rings (SSSR count). The third-order valence-electron chi connectivity index (χ3n) is 5.86. The van der Waals surface area contributed by atoms with Crippen LogP contribution in [0.15, 0.2) is 36.5 Å². The predicted molar refractivity (Wildman–Crippen MR) is 89.2 cm³/mol. The molecule has 1 aromatic carbocycles. The van der Waals surface area contributed by atoms with Gasteiger partial charge in [0.25, 0.3) is 0 Å². The van der Waals surface area contributed by atoms with Gasteiger partial charge in [0.15, 0.2) is 0 Å². The fourth-order valence-electron chi connectivity index (χ4n) is 3.99. The Kier molecular flexibility index (Phi) is 3.32. The first-order chi connectivity index (χ1) is 9.89. The van der Waals surface area contributed by atoms with Crippen LogP contribution in [-0.2, 0) is 0 Å². The monoisotopic (exact) mass is 282 g/mol. The van der Waals surface area contributed by atoms with Crippen molar-refractivity contribution < 1.29 is 0 Å². The topological polar surface area (TPSA) is 24.9 Å². The number of hydrogen-bond acceptors (Lipinski definition) is 2. The Morgan fingerprint density at radius 3 is 2.43 bits per heavy atom. The van der Waals surface area contributed by atoms with E-state index < -0.39 is 0 Å². The highest BCUT2D eigenvalue weighted by molar-refractivity contribution is 5.78. The van der Waals surface area contributed by atoms with Gasteiger partial charge in [-0.05, 0) is 41.0 Å². The summed E-state index contributed by atoms with van der Waals surface area (Å²) in [6, 6.07) is 11.0. The zero-order valence-corrected chi connectivity index (χ0v) is 13.8. The molecule has 1 heterocycles. The number of para-hydroxylation sites is 1. The highest BCUT2D eigenvalue weighted by Crippen LogP contribution is 2.72. The molecule has 0 aliphatic heterocycles. The lowest BCUT2D eigenvalue weighted by atomic mass is 9.96. The Balaban J connectivity index is 2.00. The lowest BCUT2D eigenvalue weighted by molar-refractivity contribution is 0.418. The molecule has 2 heteroatoms. The third kappa shape index (κ3) is 2.17. The lowest BCUT2D eigenvalue weighted by Gasteiger charge is -2.21. The minimum atomic E-state index is 0.367. The van der Waals surface area contributed by atoms with Crippen LogP contribution in [0, 0.1) is 16.7 Å². The molecule has 112 valence electrons. The highest BCUT2D eigenvalue weighted by Gasteiger charge is 2.67. The van der Waals surface area contributed by atoms with E-state index in [1.54, 1.807) is 0 Å². The van der Waals surface area contributed by atoms with Crippen molar-refractivity contribution in [2.75, 3.05) is 6.54 Å². The average molecular weight is 282 g/mol. The summed E-state index contributed by atoms with van der Waals surface area (Å²) in [7, 11) is 0. The first kappa shape index (κ1) is 14.5. The van der Waals surface area contributed by atoms with Crippen molar-refractivity contribution in [1.29, 1.82) is 0 Å². The Morgan fingerprint density at radius 2 is 1.81 bits per heavy atom. The summed E-state index contributed by atoms with van der Waals surface area (Å²) in [5.41, 5.74) is 3.13. The Labute approximate surface area is 128 Å². The van der Waals surface area contributed by atoms with E-state index in [1.807, 2.05) is 6.07 Å². The second-order valence-corrected chi connectivity index (χ2v) is 7.42. The third-order valence-corrected chi connectivity index (χ3v) is 5.86. The molecule has 0 saturated heterocycles. The van der Waals surface area contributed by atoms with Gasteiger partial charge < -0.3 is 5.32 Å². The van der Waals surface area contributed by atoms with Crippen LogP contribution in [0.5, 0.6) is 0 Å². The van der Waals surface area contributed by atoms with E-state index in [9.17, 15) is 0 Å². The predicted octanol–water partition coefficient (Wildman–Crippen LogP) is 4.57. The van der Waals surface area contributed by atoms with Gasteiger partial charge in [-0.25, -0.2) is 0 Å². The zero-order valence-electron chi connectivity index (χ0n) is 13.8. The van der Waals surface area contributed by atoms with E-state index >= 15 is 0 Å². The zero-order chi connectivity index (χ0) is 15.3. The molecule has 2 aromatic rings. The van der Waals surface area contributed by atoms with Gasteiger partial charge in [-0.2, -0.15) is 0 Å². The van der Waals surface area contributed by atoms with E-state index in [1.165, 1.54) is 10.9 Å². The van der Waals surface area contributed by atoms with Gasteiger partial charge in [-0.3, -0.25) is 4.98 Å². The fourth-order valence-corrected chi connectivity index (χ4v) is 3.99. The number of benzene rings is 1. The van der Waals surface area contributed by atoms with Gasteiger partial charge in [0.1, 0.15) is 0 Å². The van der Waals surface area contributed by atoms with Crippen molar-refractivity contribution in [3.8, 4) is 0 Å².